The minimum absolute atomic E-state index is 0.0770. The van der Waals surface area contributed by atoms with Gasteiger partial charge in [-0.15, -0.1) is 11.6 Å². The molecule has 0 aromatic rings. The van der Waals surface area contributed by atoms with Crippen LogP contribution in [0.5, 0.6) is 0 Å². The molecule has 0 aliphatic carbocycles. The molecule has 0 aromatic carbocycles. The lowest BCUT2D eigenvalue weighted by Gasteiger charge is -2.15. The van der Waals surface area contributed by atoms with Crippen molar-refractivity contribution < 1.29 is 9.53 Å². The minimum Gasteiger partial charge on any atom is -0.469 e. The third kappa shape index (κ3) is 14.8. The van der Waals surface area contributed by atoms with E-state index in [0.717, 1.165) is 44.9 Å². The summed E-state index contributed by atoms with van der Waals surface area (Å²) in [6.07, 6.45) is 8.20. The first-order valence-corrected chi connectivity index (χ1v) is 8.20. The van der Waals surface area contributed by atoms with Gasteiger partial charge in [0.1, 0.15) is 0 Å². The van der Waals surface area contributed by atoms with Crippen LogP contribution in [-0.4, -0.2) is 22.2 Å². The number of unbranched alkanes of at least 4 members (excludes halogenated alkanes) is 5. The second kappa shape index (κ2) is 11.3. The van der Waals surface area contributed by atoms with Gasteiger partial charge in [0.05, 0.1) is 7.11 Å². The van der Waals surface area contributed by atoms with E-state index in [1.54, 1.807) is 0 Å². The second-order valence-electron chi connectivity index (χ2n) is 4.65. The van der Waals surface area contributed by atoms with Crippen LogP contribution in [0.25, 0.3) is 0 Å². The van der Waals surface area contributed by atoms with Crippen molar-refractivity contribution in [3.8, 4) is 0 Å². The minimum atomic E-state index is -1.25. The van der Waals surface area contributed by atoms with E-state index in [1.807, 2.05) is 0 Å². The molecule has 6 heteroatoms. The summed E-state index contributed by atoms with van der Waals surface area (Å²) in [7, 11) is 1.42. The summed E-state index contributed by atoms with van der Waals surface area (Å²) in [5.41, 5.74) is 0. The molecular weight excluding hydrogens is 330 g/mol. The molecule has 0 saturated heterocycles. The molecule has 1 atom stereocenters. The zero-order valence-electron chi connectivity index (χ0n) is 11.3. The molecule has 19 heavy (non-hydrogen) atoms. The first-order valence-electron chi connectivity index (χ1n) is 6.63. The van der Waals surface area contributed by atoms with Crippen LogP contribution in [0.1, 0.15) is 57.8 Å². The molecule has 0 rings (SSSR count). The molecule has 0 radical (unpaired) electrons. The van der Waals surface area contributed by atoms with Gasteiger partial charge in [0, 0.05) is 18.2 Å². The molecule has 0 unspecified atom stereocenters. The van der Waals surface area contributed by atoms with Crippen LogP contribution >= 0.6 is 46.4 Å². The van der Waals surface area contributed by atoms with Crippen LogP contribution in [0.2, 0.25) is 0 Å². The Morgan fingerprint density at radius 3 is 2.11 bits per heavy atom. The van der Waals surface area contributed by atoms with E-state index in [0.29, 0.717) is 12.8 Å². The zero-order valence-corrected chi connectivity index (χ0v) is 14.3. The maximum absolute atomic E-state index is 10.9. The van der Waals surface area contributed by atoms with Gasteiger partial charge < -0.3 is 4.74 Å². The van der Waals surface area contributed by atoms with Crippen molar-refractivity contribution in [1.29, 1.82) is 0 Å². The highest BCUT2D eigenvalue weighted by atomic mass is 35.6. The number of halogens is 4. The number of carbonyl (C=O) groups is 1. The summed E-state index contributed by atoms with van der Waals surface area (Å²) >= 11 is 23.1. The summed E-state index contributed by atoms with van der Waals surface area (Å²) in [5.74, 6) is -0.128. The summed E-state index contributed by atoms with van der Waals surface area (Å²) in [6.45, 7) is 0. The lowest BCUT2D eigenvalue weighted by atomic mass is 10.1. The first-order chi connectivity index (χ1) is 8.85. The van der Waals surface area contributed by atoms with Crippen molar-refractivity contribution in [2.24, 2.45) is 0 Å². The van der Waals surface area contributed by atoms with Gasteiger partial charge >= 0.3 is 5.97 Å². The fraction of sp³-hybridized carbons (Fsp3) is 0.923. The average Bonchev–Trinajstić information content (AvgIpc) is 2.29. The van der Waals surface area contributed by atoms with Crippen LogP contribution < -0.4 is 0 Å². The topological polar surface area (TPSA) is 26.3 Å². The van der Waals surface area contributed by atoms with E-state index in [9.17, 15) is 4.79 Å². The fourth-order valence-electron chi connectivity index (χ4n) is 1.80. The number of carbonyl (C=O) groups excluding carboxylic acids is 1. The van der Waals surface area contributed by atoms with Gasteiger partial charge in [-0.3, -0.25) is 4.79 Å². The molecule has 2 nitrogen and oxygen atoms in total. The SMILES string of the molecule is COC(=O)CCCCCCCC[C@@H](Cl)CC(Cl)(Cl)Cl. The number of methoxy groups -OCH3 is 1. The van der Waals surface area contributed by atoms with E-state index >= 15 is 0 Å². The third-order valence-corrected chi connectivity index (χ3v) is 3.66. The van der Waals surface area contributed by atoms with Gasteiger partial charge in [0.25, 0.3) is 0 Å². The van der Waals surface area contributed by atoms with Gasteiger partial charge in [-0.05, 0) is 12.8 Å². The molecule has 114 valence electrons. The van der Waals surface area contributed by atoms with Gasteiger partial charge in [-0.25, -0.2) is 0 Å². The molecule has 0 aromatic heterocycles. The average molecular weight is 352 g/mol. The van der Waals surface area contributed by atoms with Crippen molar-refractivity contribution in [3.05, 3.63) is 0 Å². The number of hydrogen-bond acceptors (Lipinski definition) is 2. The Morgan fingerprint density at radius 2 is 1.58 bits per heavy atom. The van der Waals surface area contributed by atoms with Gasteiger partial charge in [0.15, 0.2) is 3.79 Å². The summed E-state index contributed by atoms with van der Waals surface area (Å²) in [5, 5.41) is -0.0770. The molecule has 0 spiro atoms. The largest absolute Gasteiger partial charge is 0.469 e. The fourth-order valence-corrected chi connectivity index (χ4v) is 2.98. The molecule has 0 bridgehead atoms. The Labute approximate surface area is 136 Å². The lowest BCUT2D eigenvalue weighted by Crippen LogP contribution is -2.11. The maximum atomic E-state index is 10.9. The molecule has 0 amide bonds. The summed E-state index contributed by atoms with van der Waals surface area (Å²) in [4.78, 5) is 10.9. The van der Waals surface area contributed by atoms with Crippen LogP contribution in [0.15, 0.2) is 0 Å². The number of ether oxygens (including phenoxy) is 1. The Bertz CT molecular complexity index is 241. The van der Waals surface area contributed by atoms with Crippen molar-refractivity contribution in [2.45, 2.75) is 67.0 Å². The van der Waals surface area contributed by atoms with Crippen molar-refractivity contribution in [3.63, 3.8) is 0 Å². The Balaban J connectivity index is 3.29. The highest BCUT2D eigenvalue weighted by Gasteiger charge is 2.23. The highest BCUT2D eigenvalue weighted by molar-refractivity contribution is 6.67. The van der Waals surface area contributed by atoms with E-state index in [1.165, 1.54) is 7.11 Å². The predicted octanol–water partition coefficient (Wildman–Crippen LogP) is 5.65. The van der Waals surface area contributed by atoms with E-state index < -0.39 is 3.79 Å². The maximum Gasteiger partial charge on any atom is 0.305 e. The first kappa shape index (κ1) is 19.6. The summed E-state index contributed by atoms with van der Waals surface area (Å²) < 4.78 is 3.33. The monoisotopic (exact) mass is 350 g/mol. The van der Waals surface area contributed by atoms with Crippen LogP contribution in [-0.2, 0) is 9.53 Å². The Morgan fingerprint density at radius 1 is 1.05 bits per heavy atom. The number of alkyl halides is 4. The number of esters is 1. The standard InChI is InChI=1S/C13H22Cl4O2/c1-19-12(18)9-7-5-3-2-4-6-8-11(14)10-13(15,16)17/h11H,2-10H2,1H3/t11-/m1/s1. The van der Waals surface area contributed by atoms with Crippen molar-refractivity contribution in [2.75, 3.05) is 7.11 Å². The molecule has 0 fully saturated rings. The van der Waals surface area contributed by atoms with E-state index in [-0.39, 0.29) is 11.3 Å². The smallest absolute Gasteiger partial charge is 0.305 e. The van der Waals surface area contributed by atoms with Crippen molar-refractivity contribution >= 4 is 52.4 Å². The highest BCUT2D eigenvalue weighted by Crippen LogP contribution is 2.34. The van der Waals surface area contributed by atoms with Gasteiger partial charge in [0.2, 0.25) is 0 Å². The Hall–Kier alpha value is 0.630. The normalized spacial score (nSPS) is 13.3. The molecule has 0 saturated carbocycles. The second-order valence-corrected chi connectivity index (χ2v) is 7.79. The molecular formula is C13H22Cl4O2. The predicted molar refractivity (Wildman–Crippen MR) is 83.5 cm³/mol. The molecule has 0 aliphatic heterocycles. The lowest BCUT2D eigenvalue weighted by molar-refractivity contribution is -0.140. The van der Waals surface area contributed by atoms with Crippen LogP contribution in [0, 0.1) is 0 Å². The number of rotatable bonds is 10. The van der Waals surface area contributed by atoms with E-state index in [4.69, 9.17) is 46.4 Å². The van der Waals surface area contributed by atoms with Crippen molar-refractivity contribution in [1.82, 2.24) is 0 Å². The molecule has 0 aliphatic rings. The molecule has 0 heterocycles. The third-order valence-electron chi connectivity index (χ3n) is 2.83. The number of hydrogen-bond donors (Lipinski definition) is 0. The quantitative estimate of drug-likeness (QED) is 0.289. The van der Waals surface area contributed by atoms with E-state index in [2.05, 4.69) is 4.74 Å². The molecule has 0 N–H and O–H groups in total. The van der Waals surface area contributed by atoms with Crippen LogP contribution in [0.3, 0.4) is 0 Å². The van der Waals surface area contributed by atoms with Crippen LogP contribution in [0.4, 0.5) is 0 Å². The zero-order chi connectivity index (χ0) is 14.7. The Kier molecular flexibility index (Phi) is 11.7. The van der Waals surface area contributed by atoms with Gasteiger partial charge in [-0.2, -0.15) is 0 Å². The van der Waals surface area contributed by atoms with Gasteiger partial charge in [-0.1, -0.05) is 66.9 Å². The summed E-state index contributed by atoms with van der Waals surface area (Å²) in [6, 6.07) is 0.